The molecule has 15 heavy (non-hydrogen) atoms. The zero-order chi connectivity index (χ0) is 10.7. The van der Waals surface area contributed by atoms with Crippen molar-refractivity contribution in [2.45, 2.75) is 6.92 Å². The first-order chi connectivity index (χ1) is 7.35. The van der Waals surface area contributed by atoms with Crippen LogP contribution >= 0.6 is 11.3 Å². The lowest BCUT2D eigenvalue weighted by atomic mass is 10.3. The molecule has 0 spiro atoms. The number of rotatable bonds is 2. The molecule has 1 aliphatic rings. The largest absolute Gasteiger partial charge is 0.352 e. The van der Waals surface area contributed by atoms with E-state index in [4.69, 9.17) is 5.26 Å². The number of hydrogen-bond acceptors (Lipinski definition) is 5. The van der Waals surface area contributed by atoms with Crippen LogP contribution in [0.25, 0.3) is 0 Å². The molecule has 1 aromatic heterocycles. The summed E-state index contributed by atoms with van der Waals surface area (Å²) < 4.78 is 0. The van der Waals surface area contributed by atoms with Crippen molar-refractivity contribution in [3.63, 3.8) is 0 Å². The van der Waals surface area contributed by atoms with Gasteiger partial charge in [0.25, 0.3) is 0 Å². The van der Waals surface area contributed by atoms with Crippen molar-refractivity contribution in [2.75, 3.05) is 37.6 Å². The molecule has 0 saturated carbocycles. The van der Waals surface area contributed by atoms with Crippen LogP contribution in [0, 0.1) is 11.3 Å². The minimum atomic E-state index is 0.736. The molecule has 0 amide bonds. The molecule has 1 aliphatic heterocycles. The van der Waals surface area contributed by atoms with Crippen LogP contribution in [0.5, 0.6) is 0 Å². The van der Waals surface area contributed by atoms with Crippen LogP contribution in [-0.2, 0) is 0 Å². The van der Waals surface area contributed by atoms with Crippen molar-refractivity contribution in [1.82, 2.24) is 9.88 Å². The van der Waals surface area contributed by atoms with E-state index in [0.717, 1.165) is 43.4 Å². The summed E-state index contributed by atoms with van der Waals surface area (Å²) in [4.78, 5) is 9.62. The van der Waals surface area contributed by atoms with Gasteiger partial charge in [0.2, 0.25) is 0 Å². The summed E-state index contributed by atoms with van der Waals surface area (Å²) in [7, 11) is 0. The molecule has 0 bridgehead atoms. The Morgan fingerprint density at radius 2 is 2.20 bits per heavy atom. The third kappa shape index (κ3) is 2.11. The Bertz CT molecular complexity index is 360. The average molecular weight is 222 g/mol. The number of aromatic nitrogens is 1. The Morgan fingerprint density at radius 1 is 1.47 bits per heavy atom. The fourth-order valence-electron chi connectivity index (χ4n) is 1.82. The van der Waals surface area contributed by atoms with Crippen LogP contribution < -0.4 is 4.90 Å². The number of hydrogen-bond donors (Lipinski definition) is 0. The first-order valence-corrected chi connectivity index (χ1v) is 6.04. The molecular formula is C10H14N4S. The molecular weight excluding hydrogens is 208 g/mol. The topological polar surface area (TPSA) is 43.2 Å². The second kappa shape index (κ2) is 4.60. The quantitative estimate of drug-likeness (QED) is 0.753. The fourth-order valence-corrected chi connectivity index (χ4v) is 2.42. The summed E-state index contributed by atoms with van der Waals surface area (Å²) in [5.41, 5.74) is 1.75. The summed E-state index contributed by atoms with van der Waals surface area (Å²) in [5, 5.41) is 8.92. The van der Waals surface area contributed by atoms with Crippen molar-refractivity contribution >= 4 is 17.2 Å². The van der Waals surface area contributed by atoms with Crippen molar-refractivity contribution in [3.05, 3.63) is 10.4 Å². The predicted molar refractivity (Wildman–Crippen MR) is 61.2 cm³/mol. The number of nitrogens with zero attached hydrogens (tertiary/aromatic N) is 4. The van der Waals surface area contributed by atoms with Crippen LogP contribution in [0.15, 0.2) is 5.51 Å². The van der Waals surface area contributed by atoms with Gasteiger partial charge in [0, 0.05) is 26.2 Å². The number of thiazole rings is 1. The van der Waals surface area contributed by atoms with E-state index in [9.17, 15) is 0 Å². The molecule has 0 radical (unpaired) electrons. The lowest BCUT2D eigenvalue weighted by Gasteiger charge is -2.34. The summed E-state index contributed by atoms with van der Waals surface area (Å²) >= 11 is 1.42. The standard InChI is InChI=1S/C10H14N4S/c1-2-13-3-5-14(6-4-13)10-9(7-11)15-8-12-10/h8H,2-6H2,1H3. The molecule has 0 atom stereocenters. The van der Waals surface area contributed by atoms with Gasteiger partial charge in [-0.15, -0.1) is 11.3 Å². The van der Waals surface area contributed by atoms with Crippen LogP contribution in [0.2, 0.25) is 0 Å². The summed E-state index contributed by atoms with van der Waals surface area (Å²) in [6.07, 6.45) is 0. The van der Waals surface area contributed by atoms with Crippen LogP contribution in [0.3, 0.4) is 0 Å². The van der Waals surface area contributed by atoms with E-state index in [1.54, 1.807) is 5.51 Å². The van der Waals surface area contributed by atoms with Gasteiger partial charge in [0.15, 0.2) is 5.82 Å². The fraction of sp³-hybridized carbons (Fsp3) is 0.600. The van der Waals surface area contributed by atoms with Gasteiger partial charge in [-0.2, -0.15) is 5.26 Å². The van der Waals surface area contributed by atoms with E-state index in [-0.39, 0.29) is 0 Å². The highest BCUT2D eigenvalue weighted by atomic mass is 32.1. The zero-order valence-corrected chi connectivity index (χ0v) is 9.63. The lowest BCUT2D eigenvalue weighted by Crippen LogP contribution is -2.46. The minimum Gasteiger partial charge on any atom is -0.352 e. The van der Waals surface area contributed by atoms with Crippen LogP contribution in [0.1, 0.15) is 11.8 Å². The van der Waals surface area contributed by atoms with Gasteiger partial charge < -0.3 is 9.80 Å². The number of nitriles is 1. The van der Waals surface area contributed by atoms with Crippen LogP contribution in [-0.4, -0.2) is 42.6 Å². The molecule has 5 heteroatoms. The first kappa shape index (κ1) is 10.4. The highest BCUT2D eigenvalue weighted by molar-refractivity contribution is 7.10. The lowest BCUT2D eigenvalue weighted by molar-refractivity contribution is 0.270. The smallest absolute Gasteiger partial charge is 0.157 e. The van der Waals surface area contributed by atoms with E-state index in [1.807, 2.05) is 0 Å². The zero-order valence-electron chi connectivity index (χ0n) is 8.81. The van der Waals surface area contributed by atoms with Gasteiger partial charge in [-0.05, 0) is 6.54 Å². The third-order valence-electron chi connectivity index (χ3n) is 2.77. The van der Waals surface area contributed by atoms with E-state index in [0.29, 0.717) is 0 Å². The molecule has 1 saturated heterocycles. The van der Waals surface area contributed by atoms with Gasteiger partial charge in [-0.1, -0.05) is 6.92 Å². The number of likely N-dealkylation sites (N-methyl/N-ethyl adjacent to an activating group) is 1. The van der Waals surface area contributed by atoms with Gasteiger partial charge in [0.1, 0.15) is 10.9 Å². The maximum Gasteiger partial charge on any atom is 0.157 e. The SMILES string of the molecule is CCN1CCN(c2ncsc2C#N)CC1. The van der Waals surface area contributed by atoms with Crippen molar-refractivity contribution < 1.29 is 0 Å². The maximum absolute atomic E-state index is 8.92. The molecule has 80 valence electrons. The second-order valence-electron chi connectivity index (χ2n) is 3.54. The van der Waals surface area contributed by atoms with Gasteiger partial charge >= 0.3 is 0 Å². The van der Waals surface area contributed by atoms with Crippen LogP contribution in [0.4, 0.5) is 5.82 Å². The number of anilines is 1. The van der Waals surface area contributed by atoms with E-state index < -0.39 is 0 Å². The van der Waals surface area contributed by atoms with Gasteiger partial charge in [-0.25, -0.2) is 4.98 Å². The molecule has 1 aromatic rings. The van der Waals surface area contributed by atoms with E-state index in [1.165, 1.54) is 11.3 Å². The monoisotopic (exact) mass is 222 g/mol. The Morgan fingerprint density at radius 3 is 2.80 bits per heavy atom. The predicted octanol–water partition coefficient (Wildman–Crippen LogP) is 1.16. The van der Waals surface area contributed by atoms with Gasteiger partial charge in [-0.3, -0.25) is 0 Å². The molecule has 0 aliphatic carbocycles. The molecule has 4 nitrogen and oxygen atoms in total. The molecule has 0 unspecified atom stereocenters. The second-order valence-corrected chi connectivity index (χ2v) is 4.39. The molecule has 0 aromatic carbocycles. The molecule has 0 N–H and O–H groups in total. The molecule has 2 heterocycles. The third-order valence-corrected chi connectivity index (χ3v) is 3.49. The Hall–Kier alpha value is -1.12. The van der Waals surface area contributed by atoms with Crippen molar-refractivity contribution in [3.8, 4) is 6.07 Å². The minimum absolute atomic E-state index is 0.736. The highest BCUT2D eigenvalue weighted by Crippen LogP contribution is 2.22. The maximum atomic E-state index is 8.92. The Labute approximate surface area is 93.8 Å². The normalized spacial score (nSPS) is 17.7. The molecule has 2 rings (SSSR count). The highest BCUT2D eigenvalue weighted by Gasteiger charge is 2.19. The number of piperazine rings is 1. The Balaban J connectivity index is 2.05. The average Bonchev–Trinajstić information content (AvgIpc) is 2.77. The summed E-state index contributed by atoms with van der Waals surface area (Å²) in [6.45, 7) is 7.38. The Kier molecular flexibility index (Phi) is 3.19. The summed E-state index contributed by atoms with van der Waals surface area (Å²) in [6, 6.07) is 2.20. The summed E-state index contributed by atoms with van der Waals surface area (Å²) in [5.74, 6) is 0.873. The van der Waals surface area contributed by atoms with E-state index >= 15 is 0 Å². The van der Waals surface area contributed by atoms with E-state index in [2.05, 4.69) is 27.8 Å². The van der Waals surface area contributed by atoms with Gasteiger partial charge in [0.05, 0.1) is 5.51 Å². The molecule has 1 fully saturated rings. The first-order valence-electron chi connectivity index (χ1n) is 5.16. The van der Waals surface area contributed by atoms with Crippen molar-refractivity contribution in [1.29, 1.82) is 5.26 Å². The van der Waals surface area contributed by atoms with Crippen molar-refractivity contribution in [2.24, 2.45) is 0 Å².